The molecule has 7 nitrogen and oxygen atoms in total. The molecule has 0 aliphatic carbocycles. The first-order valence-electron chi connectivity index (χ1n) is 8.27. The van der Waals surface area contributed by atoms with Crippen molar-refractivity contribution in [3.05, 3.63) is 35.4 Å². The highest BCUT2D eigenvalue weighted by Crippen LogP contribution is 2.17. The van der Waals surface area contributed by atoms with E-state index in [0.717, 1.165) is 5.56 Å². The number of benzene rings is 1. The molecule has 2 rings (SSSR count). The molecule has 1 aliphatic rings. The van der Waals surface area contributed by atoms with Crippen LogP contribution in [-0.2, 0) is 20.9 Å². The van der Waals surface area contributed by atoms with Gasteiger partial charge in [-0.25, -0.2) is 0 Å². The second kappa shape index (κ2) is 8.62. The molecule has 1 aromatic carbocycles. The minimum Gasteiger partial charge on any atom is -0.481 e. The third-order valence-corrected chi connectivity index (χ3v) is 4.39. The molecule has 7 heteroatoms. The molecule has 1 N–H and O–H groups in total. The van der Waals surface area contributed by atoms with Gasteiger partial charge < -0.3 is 19.6 Å². The summed E-state index contributed by atoms with van der Waals surface area (Å²) >= 11 is 0. The van der Waals surface area contributed by atoms with E-state index in [2.05, 4.69) is 0 Å². The maximum absolute atomic E-state index is 12.6. The molecule has 1 atom stereocenters. The van der Waals surface area contributed by atoms with Crippen molar-refractivity contribution in [2.75, 3.05) is 33.8 Å². The molecule has 0 aromatic heterocycles. The number of rotatable bonds is 6. The van der Waals surface area contributed by atoms with Crippen molar-refractivity contribution in [1.29, 1.82) is 0 Å². The van der Waals surface area contributed by atoms with Crippen LogP contribution >= 0.6 is 0 Å². The minimum atomic E-state index is -0.879. The maximum atomic E-state index is 12.6. The Hall–Kier alpha value is -2.41. The maximum Gasteiger partial charge on any atom is 0.308 e. The monoisotopic (exact) mass is 348 g/mol. The molecule has 1 fully saturated rings. The standard InChI is InChI=1S/C18H24N2O5/c1-19(17(22)15-8-4-3-6-14(15)12-25-2)11-16(21)20-9-5-7-13(10-20)18(23)24/h3-4,6,8,13H,5,7,9-12H2,1-2H3,(H,23,24)/t13-/m1/s1. The van der Waals surface area contributed by atoms with E-state index in [9.17, 15) is 14.4 Å². The molecule has 0 radical (unpaired) electrons. The second-order valence-electron chi connectivity index (χ2n) is 6.27. The van der Waals surface area contributed by atoms with Crippen LogP contribution in [0.5, 0.6) is 0 Å². The average molecular weight is 348 g/mol. The van der Waals surface area contributed by atoms with Crippen molar-refractivity contribution < 1.29 is 24.2 Å². The van der Waals surface area contributed by atoms with Crippen molar-refractivity contribution in [3.63, 3.8) is 0 Å². The van der Waals surface area contributed by atoms with Crippen LogP contribution in [0.25, 0.3) is 0 Å². The number of carbonyl (C=O) groups is 3. The van der Waals surface area contributed by atoms with E-state index >= 15 is 0 Å². The number of likely N-dealkylation sites (N-methyl/N-ethyl adjacent to an activating group) is 1. The number of likely N-dealkylation sites (tertiary alicyclic amines) is 1. The van der Waals surface area contributed by atoms with Crippen LogP contribution in [0, 0.1) is 5.92 Å². The summed E-state index contributed by atoms with van der Waals surface area (Å²) in [6, 6.07) is 7.12. The topological polar surface area (TPSA) is 87.2 Å². The van der Waals surface area contributed by atoms with Crippen LogP contribution in [0.15, 0.2) is 24.3 Å². The summed E-state index contributed by atoms with van der Waals surface area (Å²) in [5.74, 6) is -1.89. The van der Waals surface area contributed by atoms with Gasteiger partial charge in [0.1, 0.15) is 0 Å². The molecule has 136 valence electrons. The van der Waals surface area contributed by atoms with Gasteiger partial charge in [0.15, 0.2) is 0 Å². The van der Waals surface area contributed by atoms with Crippen molar-refractivity contribution in [1.82, 2.24) is 9.80 Å². The van der Waals surface area contributed by atoms with Crippen molar-refractivity contribution in [2.45, 2.75) is 19.4 Å². The minimum absolute atomic E-state index is 0.0769. The Kier molecular flexibility index (Phi) is 6.52. The van der Waals surface area contributed by atoms with Gasteiger partial charge in [-0.15, -0.1) is 0 Å². The van der Waals surface area contributed by atoms with Gasteiger partial charge in [-0.05, 0) is 24.5 Å². The molecule has 0 bridgehead atoms. The fraction of sp³-hybridized carbons (Fsp3) is 0.500. The first kappa shape index (κ1) is 18.9. The van der Waals surface area contributed by atoms with Gasteiger partial charge in [-0.2, -0.15) is 0 Å². The average Bonchev–Trinajstić information content (AvgIpc) is 2.61. The molecule has 1 heterocycles. The molecule has 25 heavy (non-hydrogen) atoms. The van der Waals surface area contributed by atoms with E-state index in [1.54, 1.807) is 26.3 Å². The number of methoxy groups -OCH3 is 1. The molecule has 2 amide bonds. The zero-order chi connectivity index (χ0) is 18.4. The van der Waals surface area contributed by atoms with E-state index in [1.165, 1.54) is 9.80 Å². The second-order valence-corrected chi connectivity index (χ2v) is 6.27. The Morgan fingerprint density at radius 1 is 1.32 bits per heavy atom. The molecule has 1 aliphatic heterocycles. The highest BCUT2D eigenvalue weighted by molar-refractivity contribution is 5.97. The van der Waals surface area contributed by atoms with Crippen LogP contribution < -0.4 is 0 Å². The lowest BCUT2D eigenvalue weighted by molar-refractivity contribution is -0.145. The van der Waals surface area contributed by atoms with Crippen LogP contribution in [0.1, 0.15) is 28.8 Å². The number of aliphatic carboxylic acids is 1. The fourth-order valence-electron chi connectivity index (χ4n) is 3.00. The molecule has 0 unspecified atom stereocenters. The van der Waals surface area contributed by atoms with E-state index in [0.29, 0.717) is 31.6 Å². The lowest BCUT2D eigenvalue weighted by Gasteiger charge is -2.32. The number of hydrogen-bond donors (Lipinski definition) is 1. The first-order chi connectivity index (χ1) is 11.9. The third kappa shape index (κ3) is 4.79. The molecule has 1 aromatic rings. The summed E-state index contributed by atoms with van der Waals surface area (Å²) in [7, 11) is 3.13. The van der Waals surface area contributed by atoms with E-state index < -0.39 is 11.9 Å². The largest absolute Gasteiger partial charge is 0.481 e. The SMILES string of the molecule is COCc1ccccc1C(=O)N(C)CC(=O)N1CCC[C@@H](C(=O)O)C1. The predicted octanol–water partition coefficient (Wildman–Crippen LogP) is 1.23. The summed E-state index contributed by atoms with van der Waals surface area (Å²) in [5, 5.41) is 9.12. The fourth-order valence-corrected chi connectivity index (χ4v) is 3.00. The first-order valence-corrected chi connectivity index (χ1v) is 8.27. The lowest BCUT2D eigenvalue weighted by atomic mass is 9.98. The summed E-state index contributed by atoms with van der Waals surface area (Å²) < 4.78 is 5.11. The van der Waals surface area contributed by atoms with Gasteiger partial charge in [0.05, 0.1) is 19.1 Å². The van der Waals surface area contributed by atoms with Gasteiger partial charge in [-0.1, -0.05) is 18.2 Å². The Labute approximate surface area is 147 Å². The summed E-state index contributed by atoms with van der Waals surface area (Å²) in [4.78, 5) is 39.1. The highest BCUT2D eigenvalue weighted by atomic mass is 16.5. The van der Waals surface area contributed by atoms with Gasteiger partial charge in [0, 0.05) is 32.8 Å². The van der Waals surface area contributed by atoms with Gasteiger partial charge in [0.2, 0.25) is 5.91 Å². The predicted molar refractivity (Wildman–Crippen MR) is 91.1 cm³/mol. The zero-order valence-corrected chi connectivity index (χ0v) is 14.6. The third-order valence-electron chi connectivity index (χ3n) is 4.39. The zero-order valence-electron chi connectivity index (χ0n) is 14.6. The van der Waals surface area contributed by atoms with Crippen LogP contribution in [0.3, 0.4) is 0 Å². The van der Waals surface area contributed by atoms with Gasteiger partial charge >= 0.3 is 5.97 Å². The number of carbonyl (C=O) groups excluding carboxylic acids is 2. The normalized spacial score (nSPS) is 17.2. The summed E-state index contributed by atoms with van der Waals surface area (Å²) in [5.41, 5.74) is 1.26. The quantitative estimate of drug-likeness (QED) is 0.835. The van der Waals surface area contributed by atoms with Crippen LogP contribution in [0.2, 0.25) is 0 Å². The number of hydrogen-bond acceptors (Lipinski definition) is 4. The number of amides is 2. The number of piperidine rings is 1. The van der Waals surface area contributed by atoms with E-state index in [4.69, 9.17) is 9.84 Å². The lowest BCUT2D eigenvalue weighted by Crippen LogP contribution is -2.47. The number of carboxylic acids is 1. The molecule has 1 saturated heterocycles. The number of ether oxygens (including phenoxy) is 1. The Morgan fingerprint density at radius 2 is 2.04 bits per heavy atom. The Balaban J connectivity index is 2.01. The Bertz CT molecular complexity index is 646. The summed E-state index contributed by atoms with van der Waals surface area (Å²) in [6.45, 7) is 0.976. The smallest absolute Gasteiger partial charge is 0.308 e. The van der Waals surface area contributed by atoms with Crippen LogP contribution in [-0.4, -0.2) is 66.5 Å². The molecule has 0 saturated carbocycles. The molecule has 0 spiro atoms. The number of carboxylic acid groups (broad SMARTS) is 1. The van der Waals surface area contributed by atoms with E-state index in [-0.39, 0.29) is 24.9 Å². The molecular weight excluding hydrogens is 324 g/mol. The van der Waals surface area contributed by atoms with Gasteiger partial charge in [-0.3, -0.25) is 14.4 Å². The number of nitrogens with zero attached hydrogens (tertiary/aromatic N) is 2. The Morgan fingerprint density at radius 3 is 2.72 bits per heavy atom. The van der Waals surface area contributed by atoms with Crippen molar-refractivity contribution >= 4 is 17.8 Å². The van der Waals surface area contributed by atoms with E-state index in [1.807, 2.05) is 12.1 Å². The summed E-state index contributed by atoms with van der Waals surface area (Å²) in [6.07, 6.45) is 1.25. The van der Waals surface area contributed by atoms with Gasteiger partial charge in [0.25, 0.3) is 5.91 Å². The van der Waals surface area contributed by atoms with Crippen LogP contribution in [0.4, 0.5) is 0 Å². The van der Waals surface area contributed by atoms with Crippen molar-refractivity contribution in [2.24, 2.45) is 5.92 Å². The highest BCUT2D eigenvalue weighted by Gasteiger charge is 2.29. The van der Waals surface area contributed by atoms with Crippen molar-refractivity contribution in [3.8, 4) is 0 Å². The molecular formula is C18H24N2O5.